The molecule has 6 heteroatoms. The number of nitrogens with two attached hydrogens (primary N) is 1. The van der Waals surface area contributed by atoms with E-state index in [-0.39, 0.29) is 30.1 Å². The molecule has 0 aliphatic carbocycles. The first-order valence-electron chi connectivity index (χ1n) is 7.25. The van der Waals surface area contributed by atoms with Gasteiger partial charge in [0.15, 0.2) is 0 Å². The molecule has 4 atom stereocenters. The maximum Gasteiger partial charge on any atom is 0.237 e. The van der Waals surface area contributed by atoms with Gasteiger partial charge in [-0.05, 0) is 19.3 Å². The van der Waals surface area contributed by atoms with Crippen LogP contribution in [-0.4, -0.2) is 59.5 Å². The van der Waals surface area contributed by atoms with Crippen LogP contribution in [0.3, 0.4) is 0 Å². The van der Waals surface area contributed by atoms with E-state index in [1.807, 2.05) is 4.90 Å². The van der Waals surface area contributed by atoms with E-state index in [4.69, 9.17) is 11.0 Å². The third-order valence-corrected chi connectivity index (χ3v) is 4.68. The van der Waals surface area contributed by atoms with Gasteiger partial charge in [0.25, 0.3) is 0 Å². The van der Waals surface area contributed by atoms with Crippen LogP contribution < -0.4 is 11.1 Å². The van der Waals surface area contributed by atoms with E-state index in [1.165, 1.54) is 0 Å². The molecule has 0 spiro atoms. The van der Waals surface area contributed by atoms with Crippen LogP contribution in [0.5, 0.6) is 0 Å². The highest BCUT2D eigenvalue weighted by molar-refractivity contribution is 5.85. The van der Waals surface area contributed by atoms with Crippen LogP contribution in [0.15, 0.2) is 12.3 Å². The zero-order valence-corrected chi connectivity index (χ0v) is 11.6. The maximum atomic E-state index is 11.7. The Morgan fingerprint density at radius 2 is 2.45 bits per heavy atom. The second-order valence-corrected chi connectivity index (χ2v) is 5.99. The van der Waals surface area contributed by atoms with E-state index in [9.17, 15) is 4.79 Å². The van der Waals surface area contributed by atoms with Gasteiger partial charge in [0, 0.05) is 31.4 Å². The summed E-state index contributed by atoms with van der Waals surface area (Å²) in [6, 6.07) is 2.27. The number of amides is 1. The highest BCUT2D eigenvalue weighted by Gasteiger charge is 2.44. The van der Waals surface area contributed by atoms with Crippen LogP contribution in [0.2, 0.25) is 0 Å². The zero-order chi connectivity index (χ0) is 14.3. The Hall–Kier alpha value is -1.58. The van der Waals surface area contributed by atoms with Gasteiger partial charge in [0.1, 0.15) is 6.04 Å². The van der Waals surface area contributed by atoms with Gasteiger partial charge in [0.2, 0.25) is 5.91 Å². The van der Waals surface area contributed by atoms with Crippen LogP contribution in [0, 0.1) is 11.3 Å². The number of hydrogen-bond acceptors (Lipinski definition) is 5. The van der Waals surface area contributed by atoms with E-state index < -0.39 is 0 Å². The molecule has 0 aromatic heterocycles. The smallest absolute Gasteiger partial charge is 0.237 e. The minimum atomic E-state index is -0.212. The van der Waals surface area contributed by atoms with Crippen molar-refractivity contribution in [3.05, 3.63) is 12.3 Å². The Morgan fingerprint density at radius 1 is 1.65 bits per heavy atom. The molecule has 3 saturated heterocycles. The van der Waals surface area contributed by atoms with Crippen LogP contribution in [0.4, 0.5) is 0 Å². The lowest BCUT2D eigenvalue weighted by molar-refractivity contribution is -0.125. The molecule has 3 aliphatic rings. The van der Waals surface area contributed by atoms with Crippen molar-refractivity contribution in [2.75, 3.05) is 19.6 Å². The second-order valence-electron chi connectivity index (χ2n) is 5.99. The third kappa shape index (κ3) is 2.17. The summed E-state index contributed by atoms with van der Waals surface area (Å²) in [6.07, 6.45) is 2.79. The summed E-state index contributed by atoms with van der Waals surface area (Å²) in [5.41, 5.74) is 7.08. The highest BCUT2D eigenvalue weighted by atomic mass is 16.2. The molecular formula is C14H21N5O. The van der Waals surface area contributed by atoms with Crippen molar-refractivity contribution in [3.8, 4) is 6.07 Å². The van der Waals surface area contributed by atoms with Crippen LogP contribution >= 0.6 is 0 Å². The van der Waals surface area contributed by atoms with Gasteiger partial charge in [-0.1, -0.05) is 6.58 Å². The molecule has 2 unspecified atom stereocenters. The molecule has 3 fully saturated rings. The number of piperazine rings is 1. The van der Waals surface area contributed by atoms with Gasteiger partial charge < -0.3 is 16.0 Å². The van der Waals surface area contributed by atoms with E-state index >= 15 is 0 Å². The average Bonchev–Trinajstić information content (AvgIpc) is 3.11. The number of likely N-dealkylation sites (tertiary alicyclic amines) is 2. The largest absolute Gasteiger partial charge is 0.358 e. The van der Waals surface area contributed by atoms with Crippen LogP contribution in [0.25, 0.3) is 0 Å². The molecule has 0 radical (unpaired) electrons. The molecule has 6 nitrogen and oxygen atoms in total. The van der Waals surface area contributed by atoms with Crippen molar-refractivity contribution in [2.45, 2.75) is 43.4 Å². The summed E-state index contributed by atoms with van der Waals surface area (Å²) < 4.78 is 0. The monoisotopic (exact) mass is 275 g/mol. The van der Waals surface area contributed by atoms with Gasteiger partial charge in [0.05, 0.1) is 18.2 Å². The molecule has 3 rings (SSSR count). The summed E-state index contributed by atoms with van der Waals surface area (Å²) >= 11 is 0. The van der Waals surface area contributed by atoms with E-state index in [2.05, 4.69) is 22.9 Å². The van der Waals surface area contributed by atoms with Crippen molar-refractivity contribution in [1.29, 1.82) is 5.26 Å². The Labute approximate surface area is 119 Å². The molecule has 0 saturated carbocycles. The molecular weight excluding hydrogens is 254 g/mol. The molecule has 0 aromatic carbocycles. The van der Waals surface area contributed by atoms with Gasteiger partial charge in [-0.3, -0.25) is 9.69 Å². The van der Waals surface area contributed by atoms with Gasteiger partial charge >= 0.3 is 0 Å². The van der Waals surface area contributed by atoms with E-state index in [1.54, 1.807) is 0 Å². The SMILES string of the molecule is C=C([C@@H](N)CN1CC2C[C@H]1C(=O)N2)N1CCCC1C#N. The summed E-state index contributed by atoms with van der Waals surface area (Å²) in [5.74, 6) is 0.120. The van der Waals surface area contributed by atoms with Crippen molar-refractivity contribution in [3.63, 3.8) is 0 Å². The molecule has 20 heavy (non-hydrogen) atoms. The van der Waals surface area contributed by atoms with Gasteiger partial charge in [-0.15, -0.1) is 0 Å². The summed E-state index contributed by atoms with van der Waals surface area (Å²) in [4.78, 5) is 15.9. The quantitative estimate of drug-likeness (QED) is 0.715. The van der Waals surface area contributed by atoms with Crippen LogP contribution in [0.1, 0.15) is 19.3 Å². The van der Waals surface area contributed by atoms with Gasteiger partial charge in [-0.25, -0.2) is 0 Å². The summed E-state index contributed by atoms with van der Waals surface area (Å²) in [7, 11) is 0. The Balaban J connectivity index is 1.59. The fraction of sp³-hybridized carbons (Fsp3) is 0.714. The third-order valence-electron chi connectivity index (χ3n) is 4.68. The minimum Gasteiger partial charge on any atom is -0.358 e. The fourth-order valence-corrected chi connectivity index (χ4v) is 3.60. The Bertz CT molecular complexity index is 471. The first-order chi connectivity index (χ1) is 9.60. The summed E-state index contributed by atoms with van der Waals surface area (Å²) in [6.45, 7) is 6.45. The van der Waals surface area contributed by atoms with Gasteiger partial charge in [-0.2, -0.15) is 5.26 Å². The fourth-order valence-electron chi connectivity index (χ4n) is 3.60. The number of fused-ring (bicyclic) bond motifs is 2. The lowest BCUT2D eigenvalue weighted by Gasteiger charge is -2.33. The number of nitrogens with zero attached hydrogens (tertiary/aromatic N) is 3. The summed E-state index contributed by atoms with van der Waals surface area (Å²) in [5, 5.41) is 12.1. The second kappa shape index (κ2) is 5.08. The van der Waals surface area contributed by atoms with Crippen molar-refractivity contribution >= 4 is 5.91 Å². The van der Waals surface area contributed by atoms with E-state index in [0.717, 1.165) is 38.0 Å². The topological polar surface area (TPSA) is 85.4 Å². The lowest BCUT2D eigenvalue weighted by atomic mass is 10.1. The molecule has 108 valence electrons. The minimum absolute atomic E-state index is 0.0239. The molecule has 1 amide bonds. The maximum absolute atomic E-state index is 11.7. The molecule has 3 heterocycles. The molecule has 2 bridgehead atoms. The number of hydrogen-bond donors (Lipinski definition) is 2. The van der Waals surface area contributed by atoms with Crippen molar-refractivity contribution in [2.24, 2.45) is 5.73 Å². The first-order valence-corrected chi connectivity index (χ1v) is 7.25. The lowest BCUT2D eigenvalue weighted by Crippen LogP contribution is -2.52. The molecule has 3 N–H and O–H groups in total. The number of carbonyl (C=O) groups is 1. The van der Waals surface area contributed by atoms with Crippen LogP contribution in [-0.2, 0) is 4.79 Å². The Kier molecular flexibility index (Phi) is 3.40. The van der Waals surface area contributed by atoms with E-state index in [0.29, 0.717) is 6.54 Å². The normalized spacial score (nSPS) is 34.1. The predicted octanol–water partition coefficient (Wildman–Crippen LogP) is -0.612. The average molecular weight is 275 g/mol. The highest BCUT2D eigenvalue weighted by Crippen LogP contribution is 2.26. The number of nitriles is 1. The molecule has 0 aromatic rings. The number of carbonyl (C=O) groups excluding carboxylic acids is 1. The van der Waals surface area contributed by atoms with Crippen molar-refractivity contribution in [1.82, 2.24) is 15.1 Å². The first kappa shape index (κ1) is 13.4. The zero-order valence-electron chi connectivity index (χ0n) is 11.6. The van der Waals surface area contributed by atoms with Crippen molar-refractivity contribution < 1.29 is 4.79 Å². The molecule has 3 aliphatic heterocycles. The Morgan fingerprint density at radius 3 is 3.10 bits per heavy atom. The number of nitrogens with one attached hydrogen (secondary N) is 1. The predicted molar refractivity (Wildman–Crippen MR) is 74.4 cm³/mol. The number of rotatable bonds is 4. The standard InChI is InChI=1S/C14H21N5O/c1-9(19-4-2-3-11(19)6-15)12(16)8-18-7-10-5-13(18)14(20)17-10/h10-13H,1-5,7-8,16H2,(H,17,20)/t10?,11?,12-,13-/m0/s1.